The van der Waals surface area contributed by atoms with E-state index in [4.69, 9.17) is 16.9 Å². The first kappa shape index (κ1) is 13.7. The van der Waals surface area contributed by atoms with Crippen LogP contribution in [0.25, 0.3) is 0 Å². The predicted molar refractivity (Wildman–Crippen MR) is 70.3 cm³/mol. The summed E-state index contributed by atoms with van der Waals surface area (Å²) in [5.74, 6) is -0.720. The number of anilines is 2. The standard InChI is InChI=1S/C12H6ClFN4O2/c13-9-5-8(1-2-10(9)14)17-12-11(18(19)20)7(6-15)3-4-16-12/h1-5H,(H,16,17). The number of nitrogens with one attached hydrogen (secondary N) is 1. The number of hydrogen-bond donors (Lipinski definition) is 1. The van der Waals surface area contributed by atoms with E-state index in [1.54, 1.807) is 6.07 Å². The van der Waals surface area contributed by atoms with Crippen LogP contribution in [-0.2, 0) is 0 Å². The van der Waals surface area contributed by atoms with Gasteiger partial charge >= 0.3 is 5.69 Å². The van der Waals surface area contributed by atoms with Crippen LogP contribution in [0.5, 0.6) is 0 Å². The molecule has 6 nitrogen and oxygen atoms in total. The van der Waals surface area contributed by atoms with Crippen LogP contribution in [0.3, 0.4) is 0 Å². The number of hydrogen-bond acceptors (Lipinski definition) is 5. The Morgan fingerprint density at radius 1 is 1.45 bits per heavy atom. The minimum atomic E-state index is -0.709. The van der Waals surface area contributed by atoms with Crippen molar-refractivity contribution in [1.29, 1.82) is 5.26 Å². The molecule has 1 aromatic heterocycles. The van der Waals surface area contributed by atoms with Crippen molar-refractivity contribution in [2.75, 3.05) is 5.32 Å². The zero-order chi connectivity index (χ0) is 14.7. The number of halogens is 2. The number of nitriles is 1. The Balaban J connectivity index is 2.46. The maximum absolute atomic E-state index is 13.0. The van der Waals surface area contributed by atoms with E-state index in [1.807, 2.05) is 0 Å². The summed E-state index contributed by atoms with van der Waals surface area (Å²) < 4.78 is 13.0. The van der Waals surface area contributed by atoms with Gasteiger partial charge in [0.05, 0.1) is 9.95 Å². The van der Waals surface area contributed by atoms with Crippen LogP contribution < -0.4 is 5.32 Å². The fourth-order valence-corrected chi connectivity index (χ4v) is 1.71. The lowest BCUT2D eigenvalue weighted by molar-refractivity contribution is -0.384. The molecule has 100 valence electrons. The van der Waals surface area contributed by atoms with Gasteiger partial charge in [0.15, 0.2) is 0 Å². The molecule has 0 unspecified atom stereocenters. The SMILES string of the molecule is N#Cc1ccnc(Nc2ccc(F)c(Cl)c2)c1[N+](=O)[O-]. The van der Waals surface area contributed by atoms with Gasteiger partial charge in [0, 0.05) is 11.9 Å². The zero-order valence-corrected chi connectivity index (χ0v) is 10.6. The summed E-state index contributed by atoms with van der Waals surface area (Å²) in [4.78, 5) is 14.1. The van der Waals surface area contributed by atoms with Crippen molar-refractivity contribution in [3.05, 3.63) is 57.0 Å². The summed E-state index contributed by atoms with van der Waals surface area (Å²) in [6.45, 7) is 0. The summed E-state index contributed by atoms with van der Waals surface area (Å²) in [5, 5.41) is 22.4. The number of nitrogens with zero attached hydrogens (tertiary/aromatic N) is 3. The Bertz CT molecular complexity index is 730. The smallest absolute Gasteiger partial charge is 0.329 e. The number of nitro groups is 1. The normalized spacial score (nSPS) is 9.85. The van der Waals surface area contributed by atoms with Crippen molar-refractivity contribution in [1.82, 2.24) is 4.98 Å². The highest BCUT2D eigenvalue weighted by Gasteiger charge is 2.21. The number of pyridine rings is 1. The van der Waals surface area contributed by atoms with Crippen molar-refractivity contribution in [2.45, 2.75) is 0 Å². The van der Waals surface area contributed by atoms with Crippen LogP contribution in [0.2, 0.25) is 5.02 Å². The van der Waals surface area contributed by atoms with E-state index in [0.717, 1.165) is 6.07 Å². The van der Waals surface area contributed by atoms with E-state index in [9.17, 15) is 14.5 Å². The summed E-state index contributed by atoms with van der Waals surface area (Å²) in [5.41, 5.74) is -0.252. The molecule has 2 rings (SSSR count). The molecule has 0 amide bonds. The Morgan fingerprint density at radius 2 is 2.20 bits per heavy atom. The highest BCUT2D eigenvalue weighted by molar-refractivity contribution is 6.31. The van der Waals surface area contributed by atoms with E-state index in [0.29, 0.717) is 5.69 Å². The largest absolute Gasteiger partial charge is 0.334 e. The molecule has 0 fully saturated rings. The number of benzene rings is 1. The van der Waals surface area contributed by atoms with Gasteiger partial charge in [0.1, 0.15) is 17.4 Å². The van der Waals surface area contributed by atoms with Crippen molar-refractivity contribution in [3.8, 4) is 6.07 Å². The topological polar surface area (TPSA) is 91.8 Å². The minimum absolute atomic E-state index is 0.114. The third-order valence-corrected chi connectivity index (χ3v) is 2.70. The lowest BCUT2D eigenvalue weighted by Gasteiger charge is -2.07. The quantitative estimate of drug-likeness (QED) is 0.691. The first-order valence-corrected chi connectivity index (χ1v) is 5.66. The van der Waals surface area contributed by atoms with Gasteiger partial charge in [-0.25, -0.2) is 9.37 Å². The summed E-state index contributed by atoms with van der Waals surface area (Å²) in [6, 6.07) is 6.69. The molecule has 0 radical (unpaired) electrons. The molecule has 20 heavy (non-hydrogen) atoms. The van der Waals surface area contributed by atoms with Crippen LogP contribution in [0.4, 0.5) is 21.6 Å². The van der Waals surface area contributed by atoms with Gasteiger partial charge in [-0.2, -0.15) is 5.26 Å². The van der Waals surface area contributed by atoms with Crippen LogP contribution in [0, 0.1) is 27.3 Å². The number of rotatable bonds is 3. The molecule has 0 saturated carbocycles. The second-order valence-electron chi connectivity index (χ2n) is 3.68. The summed E-state index contributed by atoms with van der Waals surface area (Å²) >= 11 is 5.62. The van der Waals surface area contributed by atoms with E-state index in [1.165, 1.54) is 24.4 Å². The maximum Gasteiger partial charge on any atom is 0.329 e. The van der Waals surface area contributed by atoms with Crippen molar-refractivity contribution in [2.24, 2.45) is 0 Å². The Morgan fingerprint density at radius 3 is 2.80 bits per heavy atom. The Labute approximate surface area is 117 Å². The maximum atomic E-state index is 13.0. The highest BCUT2D eigenvalue weighted by Crippen LogP contribution is 2.29. The zero-order valence-electron chi connectivity index (χ0n) is 9.80. The third-order valence-electron chi connectivity index (χ3n) is 2.41. The highest BCUT2D eigenvalue weighted by atomic mass is 35.5. The first-order valence-electron chi connectivity index (χ1n) is 5.28. The van der Waals surface area contributed by atoms with Crippen LogP contribution in [0.15, 0.2) is 30.5 Å². The molecule has 8 heteroatoms. The molecule has 0 aliphatic heterocycles. The number of aromatic nitrogens is 1. The summed E-state index contributed by atoms with van der Waals surface area (Å²) in [7, 11) is 0. The molecule has 1 N–H and O–H groups in total. The van der Waals surface area contributed by atoms with E-state index >= 15 is 0 Å². The Hall–Kier alpha value is -2.72. The lowest BCUT2D eigenvalue weighted by Crippen LogP contribution is -2.02. The van der Waals surface area contributed by atoms with Crippen molar-refractivity contribution < 1.29 is 9.31 Å². The van der Waals surface area contributed by atoms with Gasteiger partial charge in [-0.3, -0.25) is 10.1 Å². The van der Waals surface area contributed by atoms with Crippen LogP contribution in [0.1, 0.15) is 5.56 Å². The van der Waals surface area contributed by atoms with Crippen LogP contribution in [-0.4, -0.2) is 9.91 Å². The molecule has 2 aromatic rings. The van der Waals surface area contributed by atoms with Crippen molar-refractivity contribution >= 4 is 28.8 Å². The van der Waals surface area contributed by atoms with E-state index in [2.05, 4.69) is 10.3 Å². The summed E-state index contributed by atoms with van der Waals surface area (Å²) in [6.07, 6.45) is 1.26. The predicted octanol–water partition coefficient (Wildman–Crippen LogP) is 3.40. The van der Waals surface area contributed by atoms with E-state index < -0.39 is 16.4 Å². The van der Waals surface area contributed by atoms with Gasteiger partial charge in [-0.15, -0.1) is 0 Å². The van der Waals surface area contributed by atoms with E-state index in [-0.39, 0.29) is 16.4 Å². The third kappa shape index (κ3) is 2.65. The molecular weight excluding hydrogens is 287 g/mol. The van der Waals surface area contributed by atoms with Gasteiger partial charge in [-0.1, -0.05) is 11.6 Å². The second kappa shape index (κ2) is 5.50. The minimum Gasteiger partial charge on any atom is -0.334 e. The molecule has 0 aliphatic carbocycles. The monoisotopic (exact) mass is 292 g/mol. The molecule has 0 atom stereocenters. The van der Waals surface area contributed by atoms with Crippen LogP contribution >= 0.6 is 11.6 Å². The molecule has 0 bridgehead atoms. The van der Waals surface area contributed by atoms with Gasteiger partial charge in [0.2, 0.25) is 5.82 Å². The average molecular weight is 293 g/mol. The lowest BCUT2D eigenvalue weighted by atomic mass is 10.2. The molecule has 0 aliphatic rings. The van der Waals surface area contributed by atoms with Gasteiger partial charge in [0.25, 0.3) is 0 Å². The molecule has 1 aromatic carbocycles. The Kier molecular flexibility index (Phi) is 3.77. The van der Waals surface area contributed by atoms with Crippen molar-refractivity contribution in [3.63, 3.8) is 0 Å². The molecular formula is C12H6ClFN4O2. The fourth-order valence-electron chi connectivity index (χ4n) is 1.53. The average Bonchev–Trinajstić information content (AvgIpc) is 2.42. The van der Waals surface area contributed by atoms with Gasteiger partial charge in [-0.05, 0) is 24.3 Å². The molecule has 0 saturated heterocycles. The molecule has 1 heterocycles. The molecule has 0 spiro atoms. The van der Waals surface area contributed by atoms with Gasteiger partial charge < -0.3 is 5.32 Å². The fraction of sp³-hybridized carbons (Fsp3) is 0. The first-order chi connectivity index (χ1) is 9.52. The second-order valence-corrected chi connectivity index (χ2v) is 4.09.